The number of aliphatic carboxylic acids is 1. The van der Waals surface area contributed by atoms with Gasteiger partial charge in [0.2, 0.25) is 0 Å². The summed E-state index contributed by atoms with van der Waals surface area (Å²) in [6.45, 7) is 10.0. The summed E-state index contributed by atoms with van der Waals surface area (Å²) in [5.41, 5.74) is 8.39. The molecule has 2 saturated heterocycles. The van der Waals surface area contributed by atoms with Crippen LogP contribution >= 0.6 is 0 Å². The third-order valence-electron chi connectivity index (χ3n) is 9.01. The van der Waals surface area contributed by atoms with E-state index in [2.05, 4.69) is 54.0 Å². The molecule has 0 aliphatic carbocycles. The Balaban J connectivity index is 1.19. The van der Waals surface area contributed by atoms with Crippen LogP contribution in [0.4, 0.5) is 5.82 Å². The number of carboxylic acid groups (broad SMARTS) is 1. The molecule has 0 bridgehead atoms. The molecule has 3 aromatic rings. The van der Waals surface area contributed by atoms with Crippen molar-refractivity contribution >= 4 is 11.8 Å². The molecule has 7 nitrogen and oxygen atoms in total. The molecule has 0 unspecified atom stereocenters. The zero-order valence-corrected chi connectivity index (χ0v) is 23.6. The average Bonchev–Trinajstić information content (AvgIpc) is 3.43. The zero-order valence-electron chi connectivity index (χ0n) is 23.6. The lowest BCUT2D eigenvalue weighted by atomic mass is 9.97. The first-order chi connectivity index (χ1) is 19.5. The summed E-state index contributed by atoms with van der Waals surface area (Å²) in [7, 11) is 0. The quantitative estimate of drug-likeness (QED) is 0.409. The van der Waals surface area contributed by atoms with Crippen LogP contribution in [0.2, 0.25) is 0 Å². The highest BCUT2D eigenvalue weighted by molar-refractivity contribution is 5.71. The van der Waals surface area contributed by atoms with Crippen LogP contribution in [0.25, 0.3) is 11.3 Å². The molecule has 0 atom stereocenters. The highest BCUT2D eigenvalue weighted by atomic mass is 16.5. The van der Waals surface area contributed by atoms with E-state index in [0.717, 1.165) is 67.5 Å². The number of anilines is 1. The van der Waals surface area contributed by atoms with E-state index < -0.39 is 5.97 Å². The lowest BCUT2D eigenvalue weighted by Crippen LogP contribution is -2.36. The highest BCUT2D eigenvalue weighted by Gasteiger charge is 2.29. The zero-order chi connectivity index (χ0) is 27.6. The van der Waals surface area contributed by atoms with Crippen LogP contribution in [0.15, 0.2) is 48.5 Å². The number of carbonyl (C=O) groups is 1. The van der Waals surface area contributed by atoms with Crippen molar-refractivity contribution in [1.29, 1.82) is 0 Å². The van der Waals surface area contributed by atoms with Crippen molar-refractivity contribution in [3.8, 4) is 17.0 Å². The second-order valence-corrected chi connectivity index (χ2v) is 11.5. The van der Waals surface area contributed by atoms with E-state index >= 15 is 0 Å². The van der Waals surface area contributed by atoms with E-state index in [1.807, 2.05) is 18.2 Å². The van der Waals surface area contributed by atoms with Crippen LogP contribution in [-0.2, 0) is 29.2 Å². The van der Waals surface area contributed by atoms with Crippen molar-refractivity contribution in [2.75, 3.05) is 31.2 Å². The van der Waals surface area contributed by atoms with Crippen molar-refractivity contribution in [3.63, 3.8) is 0 Å². The minimum Gasteiger partial charge on any atom is -0.488 e. The van der Waals surface area contributed by atoms with Gasteiger partial charge in [-0.05, 0) is 85.5 Å². The smallest absolute Gasteiger partial charge is 0.306 e. The first-order valence-corrected chi connectivity index (χ1v) is 14.6. The fourth-order valence-corrected chi connectivity index (χ4v) is 6.47. The predicted octanol–water partition coefficient (Wildman–Crippen LogP) is 5.74. The first-order valence-electron chi connectivity index (χ1n) is 14.6. The number of fused-ring (bicyclic) bond motifs is 1. The Labute approximate surface area is 236 Å². The molecule has 210 valence electrons. The molecule has 2 fully saturated rings. The first kappa shape index (κ1) is 26.8. The normalized spacial score (nSPS) is 18.6. The molecule has 1 aromatic heterocycles. The maximum atomic E-state index is 11.4. The van der Waals surface area contributed by atoms with Crippen LogP contribution in [0.5, 0.6) is 5.75 Å². The summed E-state index contributed by atoms with van der Waals surface area (Å²) in [6, 6.07) is 17.4. The highest BCUT2D eigenvalue weighted by Crippen LogP contribution is 2.36. The summed E-state index contributed by atoms with van der Waals surface area (Å²) >= 11 is 0. The third-order valence-corrected chi connectivity index (χ3v) is 9.01. The van der Waals surface area contributed by atoms with Crippen LogP contribution in [0, 0.1) is 19.8 Å². The topological polar surface area (TPSA) is 75.1 Å². The molecule has 4 heterocycles. The van der Waals surface area contributed by atoms with Crippen molar-refractivity contribution in [2.24, 2.45) is 5.92 Å². The summed E-state index contributed by atoms with van der Waals surface area (Å²) in [6.07, 6.45) is 3.53. The molecule has 3 aliphatic rings. The Hall–Kier alpha value is -3.42. The Morgan fingerprint density at radius 3 is 2.55 bits per heavy atom. The summed E-state index contributed by atoms with van der Waals surface area (Å²) in [5, 5.41) is 9.35. The molecule has 0 amide bonds. The minimum absolute atomic E-state index is 0.260. The van der Waals surface area contributed by atoms with Crippen LogP contribution in [-0.4, -0.2) is 53.3 Å². The van der Waals surface area contributed by atoms with Gasteiger partial charge < -0.3 is 19.5 Å². The second-order valence-electron chi connectivity index (χ2n) is 11.5. The lowest BCUT2D eigenvalue weighted by molar-refractivity contribution is -0.142. The summed E-state index contributed by atoms with van der Waals surface area (Å²) in [5.74, 6) is 0.791. The fourth-order valence-electron chi connectivity index (χ4n) is 6.47. The molecule has 1 N–H and O–H groups in total. The van der Waals surface area contributed by atoms with E-state index in [-0.39, 0.29) is 5.92 Å². The summed E-state index contributed by atoms with van der Waals surface area (Å²) < 4.78 is 12.2. The third kappa shape index (κ3) is 5.45. The monoisotopic (exact) mass is 541 g/mol. The maximum Gasteiger partial charge on any atom is 0.306 e. The van der Waals surface area contributed by atoms with Crippen LogP contribution in [0.3, 0.4) is 0 Å². The van der Waals surface area contributed by atoms with Crippen molar-refractivity contribution < 1.29 is 19.4 Å². The number of piperidine rings is 1. The Bertz CT molecular complexity index is 1380. The molecular weight excluding hydrogens is 502 g/mol. The van der Waals surface area contributed by atoms with Crippen LogP contribution < -0.4 is 9.64 Å². The number of para-hydroxylation sites is 1. The van der Waals surface area contributed by atoms with Gasteiger partial charge in [0.15, 0.2) is 0 Å². The van der Waals surface area contributed by atoms with Gasteiger partial charge >= 0.3 is 5.97 Å². The predicted molar refractivity (Wildman–Crippen MR) is 156 cm³/mol. The van der Waals surface area contributed by atoms with E-state index in [1.165, 1.54) is 22.3 Å². The molecule has 0 radical (unpaired) electrons. The van der Waals surface area contributed by atoms with Gasteiger partial charge in [-0.2, -0.15) is 0 Å². The fraction of sp³-hybridized carbons (Fsp3) is 0.455. The van der Waals surface area contributed by atoms with E-state index in [4.69, 9.17) is 14.5 Å². The van der Waals surface area contributed by atoms with E-state index in [9.17, 15) is 9.90 Å². The number of rotatable bonds is 7. The average molecular weight is 542 g/mol. The summed E-state index contributed by atoms with van der Waals surface area (Å²) in [4.78, 5) is 21.2. The van der Waals surface area contributed by atoms with E-state index in [1.54, 1.807) is 0 Å². The lowest BCUT2D eigenvalue weighted by Gasteiger charge is -2.31. The molecule has 2 aromatic carbocycles. The van der Waals surface area contributed by atoms with Gasteiger partial charge in [0.1, 0.15) is 18.2 Å². The van der Waals surface area contributed by atoms with Crippen molar-refractivity contribution in [2.45, 2.75) is 65.3 Å². The molecule has 6 rings (SSSR count). The van der Waals surface area contributed by atoms with Crippen LogP contribution in [0.1, 0.15) is 53.5 Å². The Kier molecular flexibility index (Phi) is 7.76. The number of hydrogen-bond donors (Lipinski definition) is 1. The molecule has 40 heavy (non-hydrogen) atoms. The number of hydrogen-bond acceptors (Lipinski definition) is 6. The van der Waals surface area contributed by atoms with Gasteiger partial charge in [0.05, 0.1) is 11.6 Å². The van der Waals surface area contributed by atoms with Gasteiger partial charge in [-0.1, -0.05) is 30.3 Å². The number of nitrogens with zero attached hydrogens (tertiary/aromatic N) is 3. The van der Waals surface area contributed by atoms with Gasteiger partial charge in [0, 0.05) is 51.0 Å². The van der Waals surface area contributed by atoms with Gasteiger partial charge in [-0.25, -0.2) is 4.98 Å². The number of pyridine rings is 1. The maximum absolute atomic E-state index is 11.4. The number of benzene rings is 2. The second kappa shape index (κ2) is 11.6. The number of carboxylic acids is 1. The Morgan fingerprint density at radius 2 is 1.77 bits per heavy atom. The number of aromatic nitrogens is 1. The van der Waals surface area contributed by atoms with Crippen molar-refractivity contribution in [3.05, 3.63) is 76.3 Å². The SMILES string of the molecule is Cc1cccc(-c2cccc(N3CCC(C(=O)O)CC3)n2)c1OCc1ccc2c(c1C)CN(C1CCOCC1)C2. The van der Waals surface area contributed by atoms with E-state index in [0.29, 0.717) is 38.6 Å². The minimum atomic E-state index is -0.696. The molecule has 0 saturated carbocycles. The molecule has 7 heteroatoms. The van der Waals surface area contributed by atoms with Gasteiger partial charge in [0.25, 0.3) is 0 Å². The largest absolute Gasteiger partial charge is 0.488 e. The Morgan fingerprint density at radius 1 is 1.00 bits per heavy atom. The number of aryl methyl sites for hydroxylation is 1. The van der Waals surface area contributed by atoms with Gasteiger partial charge in [-0.15, -0.1) is 0 Å². The standard InChI is InChI=1S/C33H39N3O4/c1-22-5-3-6-28(30-7-4-8-31(34-30)35-15-11-24(12-16-35)33(37)38)32(22)40-21-26-10-9-25-19-36(20-29(25)23(26)2)27-13-17-39-18-14-27/h3-10,24,27H,11-21H2,1-2H3,(H,37,38). The molecular formula is C33H39N3O4. The molecule has 3 aliphatic heterocycles. The molecule has 0 spiro atoms. The number of ether oxygens (including phenoxy) is 2. The van der Waals surface area contributed by atoms with Gasteiger partial charge in [-0.3, -0.25) is 9.69 Å². The van der Waals surface area contributed by atoms with Crippen molar-refractivity contribution in [1.82, 2.24) is 9.88 Å².